The van der Waals surface area contributed by atoms with Gasteiger partial charge in [0.25, 0.3) is 0 Å². The van der Waals surface area contributed by atoms with Crippen molar-refractivity contribution in [3.05, 3.63) is 0 Å². The third kappa shape index (κ3) is 9.03. The molecule has 0 aromatic heterocycles. The average Bonchev–Trinajstić information content (AvgIpc) is 2.35. The highest BCUT2D eigenvalue weighted by atomic mass is 19.4. The maximum atomic E-state index is 12.2. The molecule has 1 aliphatic rings. The van der Waals surface area contributed by atoms with Crippen LogP contribution < -0.4 is 5.32 Å². The van der Waals surface area contributed by atoms with Crippen molar-refractivity contribution >= 4 is 6.09 Å². The molecule has 2 unspecified atom stereocenters. The zero-order valence-corrected chi connectivity index (χ0v) is 14.5. The summed E-state index contributed by atoms with van der Waals surface area (Å²) in [6.07, 6.45) is -2.77. The Morgan fingerprint density at radius 2 is 2.00 bits per heavy atom. The molecule has 0 bridgehead atoms. The highest BCUT2D eigenvalue weighted by Crippen LogP contribution is 2.23. The molecular weight excluding hydrogens is 309 g/mol. The molecule has 1 fully saturated rings. The summed E-state index contributed by atoms with van der Waals surface area (Å²) in [4.78, 5) is 13.8. The average molecular weight is 338 g/mol. The number of piperidine rings is 1. The van der Waals surface area contributed by atoms with Crippen molar-refractivity contribution in [2.24, 2.45) is 0 Å². The van der Waals surface area contributed by atoms with Crippen molar-refractivity contribution in [1.29, 1.82) is 0 Å². The predicted octanol–water partition coefficient (Wildman–Crippen LogP) is 4.10. The molecule has 4 nitrogen and oxygen atoms in total. The number of rotatable bonds is 5. The van der Waals surface area contributed by atoms with Crippen molar-refractivity contribution < 1.29 is 22.7 Å². The maximum Gasteiger partial charge on any atom is 0.410 e. The van der Waals surface area contributed by atoms with E-state index in [9.17, 15) is 18.0 Å². The van der Waals surface area contributed by atoms with Crippen LogP contribution in [-0.4, -0.2) is 47.9 Å². The number of carbonyl (C=O) groups is 1. The Bertz CT molecular complexity index is 381. The summed E-state index contributed by atoms with van der Waals surface area (Å²) in [6.45, 7) is 8.57. The quantitative estimate of drug-likeness (QED) is 0.821. The summed E-state index contributed by atoms with van der Waals surface area (Å²) in [5.74, 6) is 0. The minimum Gasteiger partial charge on any atom is -0.444 e. The zero-order chi connectivity index (χ0) is 17.7. The van der Waals surface area contributed by atoms with Crippen LogP contribution in [0.25, 0.3) is 0 Å². The van der Waals surface area contributed by atoms with Crippen molar-refractivity contribution in [3.63, 3.8) is 0 Å². The summed E-state index contributed by atoms with van der Waals surface area (Å²) in [7, 11) is 0. The van der Waals surface area contributed by atoms with Gasteiger partial charge in [-0.25, -0.2) is 4.79 Å². The first-order valence-electron chi connectivity index (χ1n) is 8.27. The van der Waals surface area contributed by atoms with Gasteiger partial charge in [0.05, 0.1) is 0 Å². The lowest BCUT2D eigenvalue weighted by atomic mass is 10.0. The molecule has 0 aromatic rings. The summed E-state index contributed by atoms with van der Waals surface area (Å²) >= 11 is 0. The fourth-order valence-corrected chi connectivity index (χ4v) is 2.70. The number of alkyl halides is 3. The van der Waals surface area contributed by atoms with E-state index in [1.54, 1.807) is 4.90 Å². The summed E-state index contributed by atoms with van der Waals surface area (Å²) in [5, 5.41) is 3.34. The van der Waals surface area contributed by atoms with E-state index in [4.69, 9.17) is 4.74 Å². The Labute approximate surface area is 136 Å². The first-order chi connectivity index (χ1) is 10.5. The number of likely N-dealkylation sites (tertiary alicyclic amines) is 1. The van der Waals surface area contributed by atoms with Gasteiger partial charge < -0.3 is 15.0 Å². The molecule has 0 aromatic carbocycles. The molecule has 1 amide bonds. The third-order valence-corrected chi connectivity index (χ3v) is 3.69. The number of hydrogen-bond donors (Lipinski definition) is 1. The van der Waals surface area contributed by atoms with Crippen LogP contribution >= 0.6 is 0 Å². The highest BCUT2D eigenvalue weighted by Gasteiger charge is 2.29. The first kappa shape index (κ1) is 20.1. The van der Waals surface area contributed by atoms with Crippen molar-refractivity contribution in [1.82, 2.24) is 10.2 Å². The van der Waals surface area contributed by atoms with E-state index in [1.165, 1.54) is 0 Å². The van der Waals surface area contributed by atoms with Gasteiger partial charge in [-0.1, -0.05) is 0 Å². The molecule has 23 heavy (non-hydrogen) atoms. The van der Waals surface area contributed by atoms with E-state index < -0.39 is 18.2 Å². The van der Waals surface area contributed by atoms with E-state index in [0.717, 1.165) is 12.8 Å². The number of carbonyl (C=O) groups excluding carboxylic acids is 1. The molecule has 1 N–H and O–H groups in total. The Balaban J connectivity index is 2.36. The SMILES string of the molecule is CC(CCCC(F)(F)F)NC1CCCN(C(=O)OC(C)(C)C)C1. The van der Waals surface area contributed by atoms with Crippen LogP contribution in [0.1, 0.15) is 59.8 Å². The molecule has 0 saturated carbocycles. The fourth-order valence-electron chi connectivity index (χ4n) is 2.70. The highest BCUT2D eigenvalue weighted by molar-refractivity contribution is 5.68. The molecule has 0 aliphatic carbocycles. The summed E-state index contributed by atoms with van der Waals surface area (Å²) < 4.78 is 41.9. The Morgan fingerprint density at radius 1 is 1.35 bits per heavy atom. The molecule has 1 heterocycles. The van der Waals surface area contributed by atoms with Gasteiger partial charge in [-0.2, -0.15) is 13.2 Å². The Morgan fingerprint density at radius 3 is 2.57 bits per heavy atom. The Hall–Kier alpha value is -0.980. The van der Waals surface area contributed by atoms with Gasteiger partial charge in [0.1, 0.15) is 5.60 Å². The van der Waals surface area contributed by atoms with Gasteiger partial charge in [0.15, 0.2) is 0 Å². The van der Waals surface area contributed by atoms with Gasteiger partial charge in [-0.3, -0.25) is 0 Å². The number of nitrogens with one attached hydrogen (secondary N) is 1. The number of nitrogens with zero attached hydrogens (tertiary/aromatic N) is 1. The largest absolute Gasteiger partial charge is 0.444 e. The molecule has 7 heteroatoms. The lowest BCUT2D eigenvalue weighted by Gasteiger charge is -2.35. The predicted molar refractivity (Wildman–Crippen MR) is 83.3 cm³/mol. The van der Waals surface area contributed by atoms with Gasteiger partial charge in [0.2, 0.25) is 0 Å². The molecule has 136 valence electrons. The number of halogens is 3. The minimum atomic E-state index is -4.09. The topological polar surface area (TPSA) is 41.6 Å². The Kier molecular flexibility index (Phi) is 7.17. The summed E-state index contributed by atoms with van der Waals surface area (Å²) in [5.41, 5.74) is -0.525. The third-order valence-electron chi connectivity index (χ3n) is 3.69. The second-order valence-corrected chi connectivity index (χ2v) is 7.34. The number of ether oxygens (including phenoxy) is 1. The smallest absolute Gasteiger partial charge is 0.410 e. The van der Waals surface area contributed by atoms with Crippen LogP contribution in [0.2, 0.25) is 0 Å². The van der Waals surface area contributed by atoms with E-state index in [1.807, 2.05) is 27.7 Å². The monoisotopic (exact) mass is 338 g/mol. The molecule has 1 aliphatic heterocycles. The van der Waals surface area contributed by atoms with Crippen LogP contribution in [0.15, 0.2) is 0 Å². The van der Waals surface area contributed by atoms with Gasteiger partial charge in [-0.15, -0.1) is 0 Å². The lowest BCUT2D eigenvalue weighted by Crippen LogP contribution is -2.51. The van der Waals surface area contributed by atoms with E-state index in [2.05, 4.69) is 5.32 Å². The maximum absolute atomic E-state index is 12.2. The zero-order valence-electron chi connectivity index (χ0n) is 14.5. The fraction of sp³-hybridized carbons (Fsp3) is 0.938. The lowest BCUT2D eigenvalue weighted by molar-refractivity contribution is -0.135. The van der Waals surface area contributed by atoms with Crippen LogP contribution in [0.5, 0.6) is 0 Å². The standard InChI is InChI=1S/C16H29F3N2O2/c1-12(7-5-9-16(17,18)19)20-13-8-6-10-21(11-13)14(22)23-15(2,3)4/h12-13,20H,5-11H2,1-4H3. The van der Waals surface area contributed by atoms with Crippen LogP contribution in [-0.2, 0) is 4.74 Å². The first-order valence-corrected chi connectivity index (χ1v) is 8.27. The van der Waals surface area contributed by atoms with E-state index in [-0.39, 0.29) is 24.6 Å². The molecule has 0 radical (unpaired) electrons. The second kappa shape index (κ2) is 8.22. The van der Waals surface area contributed by atoms with E-state index >= 15 is 0 Å². The normalized spacial score (nSPS) is 21.2. The van der Waals surface area contributed by atoms with Gasteiger partial charge in [0, 0.05) is 31.6 Å². The van der Waals surface area contributed by atoms with Crippen LogP contribution in [0.4, 0.5) is 18.0 Å². The molecular formula is C16H29F3N2O2. The molecule has 2 atom stereocenters. The van der Waals surface area contributed by atoms with Crippen molar-refractivity contribution in [3.8, 4) is 0 Å². The van der Waals surface area contributed by atoms with Crippen molar-refractivity contribution in [2.75, 3.05) is 13.1 Å². The number of hydrogen-bond acceptors (Lipinski definition) is 3. The van der Waals surface area contributed by atoms with Gasteiger partial charge in [-0.05, 0) is 53.4 Å². The van der Waals surface area contributed by atoms with Gasteiger partial charge >= 0.3 is 12.3 Å². The molecule has 0 spiro atoms. The van der Waals surface area contributed by atoms with Crippen molar-refractivity contribution in [2.45, 2.75) is 83.7 Å². The number of amides is 1. The molecule has 1 rings (SSSR count). The van der Waals surface area contributed by atoms with Crippen LogP contribution in [0.3, 0.4) is 0 Å². The minimum absolute atomic E-state index is 0.000867. The second-order valence-electron chi connectivity index (χ2n) is 7.34. The van der Waals surface area contributed by atoms with Crippen LogP contribution in [0, 0.1) is 0 Å². The molecule has 1 saturated heterocycles. The van der Waals surface area contributed by atoms with E-state index in [0.29, 0.717) is 19.5 Å². The summed E-state index contributed by atoms with van der Waals surface area (Å²) in [6, 6.07) is 0.109.